The zero-order chi connectivity index (χ0) is 19.2. The molecule has 3 rings (SSSR count). The summed E-state index contributed by atoms with van der Waals surface area (Å²) in [6.07, 6.45) is 4.25. The highest BCUT2D eigenvalue weighted by molar-refractivity contribution is 5.95. The maximum Gasteiger partial charge on any atom is 0.228 e. The molecule has 3 N–H and O–H groups in total. The van der Waals surface area contributed by atoms with Gasteiger partial charge in [0, 0.05) is 0 Å². The van der Waals surface area contributed by atoms with Gasteiger partial charge in [0.05, 0.1) is 17.8 Å². The molecule has 0 spiro atoms. The van der Waals surface area contributed by atoms with Gasteiger partial charge < -0.3 is 11.1 Å². The summed E-state index contributed by atoms with van der Waals surface area (Å²) >= 11 is 0. The van der Waals surface area contributed by atoms with E-state index in [1.54, 1.807) is 24.3 Å². The Morgan fingerprint density at radius 2 is 1.67 bits per heavy atom. The lowest BCUT2D eigenvalue weighted by Crippen LogP contribution is -2.15. The molecule has 0 fully saturated rings. The fourth-order valence-electron chi connectivity index (χ4n) is 2.82. The molecule has 136 valence electrons. The third-order valence-electron chi connectivity index (χ3n) is 4.21. The molecule has 0 aliphatic carbocycles. The number of carbonyl (C=O) groups is 1. The molecule has 0 saturated carbocycles. The second-order valence-corrected chi connectivity index (χ2v) is 6.28. The van der Waals surface area contributed by atoms with Crippen molar-refractivity contribution in [1.82, 2.24) is 0 Å². The molecule has 0 unspecified atom stereocenters. The third kappa shape index (κ3) is 4.82. The minimum atomic E-state index is -0.283. The Labute approximate surface area is 158 Å². The van der Waals surface area contributed by atoms with Crippen LogP contribution in [0, 0.1) is 5.82 Å². The number of rotatable bonds is 5. The second kappa shape index (κ2) is 8.32. The van der Waals surface area contributed by atoms with Gasteiger partial charge in [-0.05, 0) is 53.4 Å². The first-order valence-corrected chi connectivity index (χ1v) is 8.72. The fourth-order valence-corrected chi connectivity index (χ4v) is 2.82. The minimum Gasteiger partial charge on any atom is -0.397 e. The molecule has 3 aromatic rings. The van der Waals surface area contributed by atoms with Crippen LogP contribution < -0.4 is 11.1 Å². The number of halogens is 1. The molecule has 1 amide bonds. The Bertz CT molecular complexity index is 961. The van der Waals surface area contributed by atoms with Crippen molar-refractivity contribution in [3.8, 4) is 11.1 Å². The van der Waals surface area contributed by atoms with Crippen LogP contribution in [0.5, 0.6) is 0 Å². The van der Waals surface area contributed by atoms with Crippen LogP contribution in [0.25, 0.3) is 17.2 Å². The van der Waals surface area contributed by atoms with Crippen LogP contribution in [0.2, 0.25) is 0 Å². The van der Waals surface area contributed by atoms with Crippen molar-refractivity contribution in [3.05, 3.63) is 89.8 Å². The predicted octanol–water partition coefficient (Wildman–Crippen LogP) is 5.29. The van der Waals surface area contributed by atoms with E-state index in [0.29, 0.717) is 11.4 Å². The molecule has 27 heavy (non-hydrogen) atoms. The summed E-state index contributed by atoms with van der Waals surface area (Å²) in [5.41, 5.74) is 10.9. The predicted molar refractivity (Wildman–Crippen MR) is 110 cm³/mol. The van der Waals surface area contributed by atoms with Crippen LogP contribution in [0.1, 0.15) is 18.1 Å². The van der Waals surface area contributed by atoms with Crippen LogP contribution >= 0.6 is 0 Å². The molecule has 0 bridgehead atoms. The standard InChI is InChI=1S/C23H21FN2O/c1-2-3-16-4-6-17(7-5-16)14-23(27)26-22-13-10-19(15-21(22)25)18-8-11-20(24)12-9-18/h2-13,15H,14,25H2,1H3,(H,26,27)/b3-2+. The van der Waals surface area contributed by atoms with Gasteiger partial charge in [-0.2, -0.15) is 0 Å². The summed E-state index contributed by atoms with van der Waals surface area (Å²) in [4.78, 5) is 12.3. The average molecular weight is 360 g/mol. The van der Waals surface area contributed by atoms with Crippen molar-refractivity contribution < 1.29 is 9.18 Å². The number of nitrogens with two attached hydrogens (primary N) is 1. The highest BCUT2D eigenvalue weighted by Gasteiger charge is 2.08. The van der Waals surface area contributed by atoms with Gasteiger partial charge >= 0.3 is 0 Å². The van der Waals surface area contributed by atoms with E-state index in [1.165, 1.54) is 12.1 Å². The molecule has 0 saturated heterocycles. The van der Waals surface area contributed by atoms with Gasteiger partial charge in [-0.1, -0.05) is 54.6 Å². The Balaban J connectivity index is 1.67. The Hall–Kier alpha value is -3.40. The summed E-state index contributed by atoms with van der Waals surface area (Å²) in [6.45, 7) is 1.97. The molecule has 4 heteroatoms. The molecular weight excluding hydrogens is 339 g/mol. The first-order chi connectivity index (χ1) is 13.0. The number of carbonyl (C=O) groups excluding carboxylic acids is 1. The third-order valence-corrected chi connectivity index (χ3v) is 4.21. The number of hydrogen-bond donors (Lipinski definition) is 2. The maximum absolute atomic E-state index is 13.1. The number of nitrogens with one attached hydrogen (secondary N) is 1. The maximum atomic E-state index is 13.1. The summed E-state index contributed by atoms with van der Waals surface area (Å²) < 4.78 is 13.1. The molecular formula is C23H21FN2O. The van der Waals surface area contributed by atoms with Crippen molar-refractivity contribution in [2.24, 2.45) is 0 Å². The molecule has 3 nitrogen and oxygen atoms in total. The molecule has 0 radical (unpaired) electrons. The first kappa shape index (κ1) is 18.4. The van der Waals surface area contributed by atoms with Gasteiger partial charge in [0.1, 0.15) is 5.82 Å². The van der Waals surface area contributed by atoms with Crippen LogP contribution in [-0.4, -0.2) is 5.91 Å². The van der Waals surface area contributed by atoms with Gasteiger partial charge in [-0.25, -0.2) is 4.39 Å². The minimum absolute atomic E-state index is 0.130. The highest BCUT2D eigenvalue weighted by atomic mass is 19.1. The summed E-state index contributed by atoms with van der Waals surface area (Å²) in [5, 5.41) is 2.85. The van der Waals surface area contributed by atoms with Crippen molar-refractivity contribution in [3.63, 3.8) is 0 Å². The van der Waals surface area contributed by atoms with Crippen LogP contribution in [0.4, 0.5) is 15.8 Å². The Morgan fingerprint density at radius 3 is 2.30 bits per heavy atom. The number of anilines is 2. The lowest BCUT2D eigenvalue weighted by molar-refractivity contribution is -0.115. The van der Waals surface area contributed by atoms with E-state index in [-0.39, 0.29) is 18.1 Å². The quantitative estimate of drug-likeness (QED) is 0.608. The van der Waals surface area contributed by atoms with Crippen LogP contribution in [-0.2, 0) is 11.2 Å². The average Bonchev–Trinajstić information content (AvgIpc) is 2.66. The molecule has 0 atom stereocenters. The number of hydrogen-bond acceptors (Lipinski definition) is 2. The summed E-state index contributed by atoms with van der Waals surface area (Å²) in [7, 11) is 0. The van der Waals surface area contributed by atoms with Crippen molar-refractivity contribution in [1.29, 1.82) is 0 Å². The van der Waals surface area contributed by atoms with Gasteiger partial charge in [-0.15, -0.1) is 0 Å². The van der Waals surface area contributed by atoms with Crippen LogP contribution in [0.3, 0.4) is 0 Å². The first-order valence-electron chi connectivity index (χ1n) is 8.72. The molecule has 0 aliphatic heterocycles. The van der Waals surface area contributed by atoms with Gasteiger partial charge in [-0.3, -0.25) is 4.79 Å². The summed E-state index contributed by atoms with van der Waals surface area (Å²) in [6, 6.07) is 19.4. The lowest BCUT2D eigenvalue weighted by atomic mass is 10.0. The second-order valence-electron chi connectivity index (χ2n) is 6.28. The van der Waals surface area contributed by atoms with Gasteiger partial charge in [0.25, 0.3) is 0 Å². The van der Waals surface area contributed by atoms with E-state index in [2.05, 4.69) is 5.32 Å². The fraction of sp³-hybridized carbons (Fsp3) is 0.0870. The highest BCUT2D eigenvalue weighted by Crippen LogP contribution is 2.27. The molecule has 0 aliphatic rings. The zero-order valence-corrected chi connectivity index (χ0v) is 15.1. The largest absolute Gasteiger partial charge is 0.397 e. The van der Waals surface area contributed by atoms with Gasteiger partial charge in [0.15, 0.2) is 0 Å². The normalized spacial score (nSPS) is 10.9. The topological polar surface area (TPSA) is 55.1 Å². The van der Waals surface area contributed by atoms with E-state index in [1.807, 2.05) is 49.4 Å². The molecule has 0 heterocycles. The van der Waals surface area contributed by atoms with E-state index < -0.39 is 0 Å². The van der Waals surface area contributed by atoms with Crippen molar-refractivity contribution >= 4 is 23.4 Å². The number of allylic oxidation sites excluding steroid dienone is 1. The summed E-state index contributed by atoms with van der Waals surface area (Å²) in [5.74, 6) is -0.413. The van der Waals surface area contributed by atoms with Gasteiger partial charge in [0.2, 0.25) is 5.91 Å². The number of benzene rings is 3. The van der Waals surface area contributed by atoms with E-state index in [9.17, 15) is 9.18 Å². The number of amides is 1. The van der Waals surface area contributed by atoms with Crippen molar-refractivity contribution in [2.45, 2.75) is 13.3 Å². The number of nitrogen functional groups attached to an aromatic ring is 1. The van der Waals surface area contributed by atoms with Crippen LogP contribution in [0.15, 0.2) is 72.8 Å². The molecule has 3 aromatic carbocycles. The van der Waals surface area contributed by atoms with E-state index >= 15 is 0 Å². The SMILES string of the molecule is C/C=C/c1ccc(CC(=O)Nc2ccc(-c3ccc(F)cc3)cc2N)cc1. The Kier molecular flexibility index (Phi) is 5.67. The molecule has 0 aromatic heterocycles. The lowest BCUT2D eigenvalue weighted by Gasteiger charge is -2.11. The monoisotopic (exact) mass is 360 g/mol. The smallest absolute Gasteiger partial charge is 0.228 e. The Morgan fingerprint density at radius 1 is 1.00 bits per heavy atom. The van der Waals surface area contributed by atoms with E-state index in [4.69, 9.17) is 5.73 Å². The van der Waals surface area contributed by atoms with E-state index in [0.717, 1.165) is 22.3 Å². The zero-order valence-electron chi connectivity index (χ0n) is 15.1. The van der Waals surface area contributed by atoms with Crippen molar-refractivity contribution in [2.75, 3.05) is 11.1 Å².